The molecule has 3 rings (SSSR count). The molecule has 0 atom stereocenters. The van der Waals surface area contributed by atoms with E-state index in [-0.39, 0.29) is 11.1 Å². The minimum absolute atomic E-state index is 0.185. The predicted octanol–water partition coefficient (Wildman–Crippen LogP) is 2.01. The molecule has 162 valence electrons. The number of hydrogen-bond acceptors (Lipinski definition) is 7. The van der Waals surface area contributed by atoms with Gasteiger partial charge in [-0.15, -0.1) is 11.3 Å². The zero-order chi connectivity index (χ0) is 22.4. The fourth-order valence-corrected chi connectivity index (χ4v) is 3.70. The van der Waals surface area contributed by atoms with Crippen LogP contribution in [-0.2, 0) is 22.5 Å². The minimum Gasteiger partial charge on any atom is -0.452 e. The third-order valence-corrected chi connectivity index (χ3v) is 5.42. The number of aryl methyl sites for hydroxylation is 2. The first kappa shape index (κ1) is 22.2. The Morgan fingerprint density at radius 1 is 1.23 bits per heavy atom. The standard InChI is InChI=1S/C21H22N4O5S/c1-3-25-17-7-6-14(11-16(17)23-13(2)19(25)27)20(28)30-12-18(26)24-21(29)22-9-8-15-5-4-10-31-15/h4-7,10-11H,3,8-9,12H2,1-2H3,(H2,22,24,26,29). The summed E-state index contributed by atoms with van der Waals surface area (Å²) in [4.78, 5) is 53.4. The molecule has 0 spiro atoms. The Morgan fingerprint density at radius 3 is 2.74 bits per heavy atom. The van der Waals surface area contributed by atoms with Crippen molar-refractivity contribution < 1.29 is 19.1 Å². The van der Waals surface area contributed by atoms with Crippen LogP contribution in [0.1, 0.15) is 27.9 Å². The first-order valence-corrected chi connectivity index (χ1v) is 10.6. The summed E-state index contributed by atoms with van der Waals surface area (Å²) < 4.78 is 6.55. The minimum atomic E-state index is -0.739. The van der Waals surface area contributed by atoms with E-state index in [1.54, 1.807) is 28.9 Å². The first-order chi connectivity index (χ1) is 14.9. The van der Waals surface area contributed by atoms with E-state index >= 15 is 0 Å². The van der Waals surface area contributed by atoms with E-state index < -0.39 is 24.5 Å². The SMILES string of the molecule is CCn1c(=O)c(C)nc2cc(C(=O)OCC(=O)NC(=O)NCCc3cccs3)ccc21. The predicted molar refractivity (Wildman–Crippen MR) is 116 cm³/mol. The maximum atomic E-state index is 12.3. The van der Waals surface area contributed by atoms with E-state index in [0.717, 1.165) is 4.88 Å². The van der Waals surface area contributed by atoms with Crippen LogP contribution >= 0.6 is 11.3 Å². The lowest BCUT2D eigenvalue weighted by atomic mass is 10.2. The second kappa shape index (κ2) is 9.98. The highest BCUT2D eigenvalue weighted by molar-refractivity contribution is 7.09. The number of hydrogen-bond donors (Lipinski definition) is 2. The lowest BCUT2D eigenvalue weighted by molar-refractivity contribution is -0.123. The first-order valence-electron chi connectivity index (χ1n) is 9.67. The summed E-state index contributed by atoms with van der Waals surface area (Å²) in [7, 11) is 0. The Balaban J connectivity index is 1.53. The Kier molecular flexibility index (Phi) is 7.14. The molecule has 2 aromatic heterocycles. The number of imide groups is 1. The molecular weight excluding hydrogens is 420 g/mol. The maximum absolute atomic E-state index is 12.3. The molecule has 0 radical (unpaired) electrons. The van der Waals surface area contributed by atoms with E-state index in [4.69, 9.17) is 4.74 Å². The lowest BCUT2D eigenvalue weighted by Crippen LogP contribution is -2.42. The number of carbonyl (C=O) groups is 3. The van der Waals surface area contributed by atoms with Gasteiger partial charge in [0.25, 0.3) is 11.5 Å². The van der Waals surface area contributed by atoms with E-state index in [1.807, 2.05) is 24.4 Å². The van der Waals surface area contributed by atoms with Crippen molar-refractivity contribution in [1.82, 2.24) is 20.2 Å². The summed E-state index contributed by atoms with van der Waals surface area (Å²) in [5.74, 6) is -1.47. The number of nitrogens with zero attached hydrogens (tertiary/aromatic N) is 2. The number of amides is 3. The van der Waals surface area contributed by atoms with Gasteiger partial charge in [-0.1, -0.05) is 6.07 Å². The highest BCUT2D eigenvalue weighted by Gasteiger charge is 2.15. The Bertz CT molecular complexity index is 1170. The Labute approximate surface area is 182 Å². The molecule has 0 saturated carbocycles. The number of ether oxygens (including phenoxy) is 1. The van der Waals surface area contributed by atoms with Crippen LogP contribution in [0, 0.1) is 6.92 Å². The zero-order valence-corrected chi connectivity index (χ0v) is 18.0. The van der Waals surface area contributed by atoms with Crippen LogP contribution in [0.3, 0.4) is 0 Å². The largest absolute Gasteiger partial charge is 0.452 e. The zero-order valence-electron chi connectivity index (χ0n) is 17.1. The van der Waals surface area contributed by atoms with Crippen molar-refractivity contribution in [2.24, 2.45) is 0 Å². The molecule has 3 aromatic rings. The van der Waals surface area contributed by atoms with Crippen LogP contribution in [0.2, 0.25) is 0 Å². The van der Waals surface area contributed by atoms with Crippen molar-refractivity contribution in [2.45, 2.75) is 26.8 Å². The number of nitrogens with one attached hydrogen (secondary N) is 2. The molecule has 10 heteroatoms. The van der Waals surface area contributed by atoms with Gasteiger partial charge in [0, 0.05) is 18.0 Å². The highest BCUT2D eigenvalue weighted by atomic mass is 32.1. The van der Waals surface area contributed by atoms with Crippen LogP contribution in [0.4, 0.5) is 4.79 Å². The van der Waals surface area contributed by atoms with E-state index in [0.29, 0.717) is 36.2 Å². The Hall–Kier alpha value is -3.53. The van der Waals surface area contributed by atoms with Crippen LogP contribution in [0.25, 0.3) is 11.0 Å². The molecule has 2 N–H and O–H groups in total. The van der Waals surface area contributed by atoms with Crippen LogP contribution in [0.15, 0.2) is 40.5 Å². The highest BCUT2D eigenvalue weighted by Crippen LogP contribution is 2.14. The van der Waals surface area contributed by atoms with Crippen LogP contribution in [-0.4, -0.2) is 40.6 Å². The van der Waals surface area contributed by atoms with Crippen molar-refractivity contribution in [1.29, 1.82) is 0 Å². The molecule has 2 heterocycles. The van der Waals surface area contributed by atoms with Crippen molar-refractivity contribution in [3.63, 3.8) is 0 Å². The van der Waals surface area contributed by atoms with Gasteiger partial charge in [-0.05, 0) is 49.9 Å². The van der Waals surface area contributed by atoms with Crippen molar-refractivity contribution in [2.75, 3.05) is 13.2 Å². The van der Waals surface area contributed by atoms with Gasteiger partial charge >= 0.3 is 12.0 Å². The van der Waals surface area contributed by atoms with Gasteiger partial charge in [0.2, 0.25) is 0 Å². The number of aromatic nitrogens is 2. The summed E-state index contributed by atoms with van der Waals surface area (Å²) in [5.41, 5.74) is 1.41. The van der Waals surface area contributed by atoms with Gasteiger partial charge in [0.05, 0.1) is 16.6 Å². The summed E-state index contributed by atoms with van der Waals surface area (Å²) in [6.45, 7) is 3.70. The fourth-order valence-electron chi connectivity index (χ4n) is 2.99. The molecule has 0 aliphatic carbocycles. The number of esters is 1. The molecule has 0 bridgehead atoms. The molecule has 0 fully saturated rings. The average Bonchev–Trinajstić information content (AvgIpc) is 3.26. The third-order valence-electron chi connectivity index (χ3n) is 4.49. The third kappa shape index (κ3) is 5.54. The lowest BCUT2D eigenvalue weighted by Gasteiger charge is -2.10. The van der Waals surface area contributed by atoms with Gasteiger partial charge < -0.3 is 14.6 Å². The van der Waals surface area contributed by atoms with Gasteiger partial charge in [-0.2, -0.15) is 0 Å². The molecule has 0 aliphatic rings. The van der Waals surface area contributed by atoms with Gasteiger partial charge in [0.1, 0.15) is 5.69 Å². The maximum Gasteiger partial charge on any atom is 0.338 e. The molecule has 0 saturated heterocycles. The smallest absolute Gasteiger partial charge is 0.338 e. The van der Waals surface area contributed by atoms with Crippen molar-refractivity contribution in [3.8, 4) is 0 Å². The van der Waals surface area contributed by atoms with E-state index in [2.05, 4.69) is 15.6 Å². The van der Waals surface area contributed by atoms with Crippen LogP contribution < -0.4 is 16.2 Å². The molecule has 1 aromatic carbocycles. The summed E-state index contributed by atoms with van der Waals surface area (Å²) >= 11 is 1.58. The number of carbonyl (C=O) groups excluding carboxylic acids is 3. The molecule has 3 amide bonds. The molecule has 9 nitrogen and oxygen atoms in total. The number of fused-ring (bicyclic) bond motifs is 1. The van der Waals surface area contributed by atoms with Crippen molar-refractivity contribution >= 4 is 40.3 Å². The second-order valence-corrected chi connectivity index (χ2v) is 7.69. The number of rotatable bonds is 7. The average molecular weight is 442 g/mol. The fraction of sp³-hybridized carbons (Fsp3) is 0.286. The normalized spacial score (nSPS) is 10.6. The molecule has 31 heavy (non-hydrogen) atoms. The quantitative estimate of drug-likeness (QED) is 0.540. The molecule has 0 unspecified atom stereocenters. The Morgan fingerprint density at radius 2 is 2.03 bits per heavy atom. The van der Waals surface area contributed by atoms with Gasteiger partial charge in [0.15, 0.2) is 6.61 Å². The molecular formula is C21H22N4O5S. The monoisotopic (exact) mass is 442 g/mol. The van der Waals surface area contributed by atoms with E-state index in [1.165, 1.54) is 12.1 Å². The topological polar surface area (TPSA) is 119 Å². The summed E-state index contributed by atoms with van der Waals surface area (Å²) in [6, 6.07) is 7.85. The van der Waals surface area contributed by atoms with Gasteiger partial charge in [-0.3, -0.25) is 14.9 Å². The van der Waals surface area contributed by atoms with Gasteiger partial charge in [-0.25, -0.2) is 14.6 Å². The number of benzene rings is 1. The number of thiophene rings is 1. The van der Waals surface area contributed by atoms with Crippen molar-refractivity contribution in [3.05, 3.63) is 62.2 Å². The summed E-state index contributed by atoms with van der Waals surface area (Å²) in [5, 5.41) is 6.63. The molecule has 0 aliphatic heterocycles. The second-order valence-electron chi connectivity index (χ2n) is 6.66. The summed E-state index contributed by atoms with van der Waals surface area (Å²) in [6.07, 6.45) is 0.662. The van der Waals surface area contributed by atoms with Crippen LogP contribution in [0.5, 0.6) is 0 Å². The van der Waals surface area contributed by atoms with E-state index in [9.17, 15) is 19.2 Å². The number of urea groups is 1.